The number of carboxylic acid groups (broad SMARTS) is 1. The van der Waals surface area contributed by atoms with Gasteiger partial charge in [-0.2, -0.15) is 0 Å². The zero-order chi connectivity index (χ0) is 10.8. The molecule has 1 aliphatic rings. The number of hydrogen-bond donors (Lipinski definition) is 2. The standard InChI is InChI=1S/C11H11NO3/c13-9-4-5-12-10(9)7-2-1-3-8(6-7)11(14)15/h1-3,6,10,12H,4-5H2,(H,14,15). The van der Waals surface area contributed by atoms with Crippen molar-refractivity contribution >= 4 is 11.8 Å². The summed E-state index contributed by atoms with van der Waals surface area (Å²) in [6, 6.07) is 6.16. The molecule has 1 fully saturated rings. The Kier molecular flexibility index (Phi) is 2.51. The minimum Gasteiger partial charge on any atom is -0.478 e. The second kappa shape index (κ2) is 3.82. The summed E-state index contributed by atoms with van der Waals surface area (Å²) in [5.74, 6) is -0.847. The lowest BCUT2D eigenvalue weighted by Crippen LogP contribution is -2.17. The summed E-state index contributed by atoms with van der Waals surface area (Å²) in [7, 11) is 0. The Hall–Kier alpha value is -1.68. The molecule has 0 saturated carbocycles. The van der Waals surface area contributed by atoms with Crippen molar-refractivity contribution < 1.29 is 14.7 Å². The van der Waals surface area contributed by atoms with E-state index >= 15 is 0 Å². The molecule has 0 aromatic heterocycles. The fourth-order valence-electron chi connectivity index (χ4n) is 1.75. The first-order valence-corrected chi connectivity index (χ1v) is 4.78. The van der Waals surface area contributed by atoms with Crippen LogP contribution in [0, 0.1) is 0 Å². The minimum atomic E-state index is -0.970. The zero-order valence-electron chi connectivity index (χ0n) is 8.06. The van der Waals surface area contributed by atoms with Gasteiger partial charge in [0.1, 0.15) is 0 Å². The highest BCUT2D eigenvalue weighted by Gasteiger charge is 2.25. The van der Waals surface area contributed by atoms with Gasteiger partial charge in [-0.05, 0) is 17.7 Å². The highest BCUT2D eigenvalue weighted by Crippen LogP contribution is 2.20. The summed E-state index contributed by atoms with van der Waals surface area (Å²) in [4.78, 5) is 22.2. The summed E-state index contributed by atoms with van der Waals surface area (Å²) in [6.07, 6.45) is 0.516. The molecule has 4 heteroatoms. The smallest absolute Gasteiger partial charge is 0.335 e. The second-order valence-electron chi connectivity index (χ2n) is 3.53. The van der Waals surface area contributed by atoms with Crippen molar-refractivity contribution in [1.29, 1.82) is 0 Å². The van der Waals surface area contributed by atoms with Crippen LogP contribution in [-0.2, 0) is 4.79 Å². The summed E-state index contributed by atoms with van der Waals surface area (Å²) < 4.78 is 0. The van der Waals surface area contributed by atoms with Crippen molar-refractivity contribution in [2.24, 2.45) is 0 Å². The van der Waals surface area contributed by atoms with Gasteiger partial charge in [-0.25, -0.2) is 4.79 Å². The van der Waals surface area contributed by atoms with E-state index in [1.54, 1.807) is 18.2 Å². The number of hydrogen-bond acceptors (Lipinski definition) is 3. The lowest BCUT2D eigenvalue weighted by atomic mass is 10.0. The molecule has 2 rings (SSSR count). The van der Waals surface area contributed by atoms with Crippen molar-refractivity contribution in [1.82, 2.24) is 5.32 Å². The van der Waals surface area contributed by atoms with Gasteiger partial charge in [-0.3, -0.25) is 4.79 Å². The van der Waals surface area contributed by atoms with Crippen LogP contribution in [0.15, 0.2) is 24.3 Å². The van der Waals surface area contributed by atoms with Gasteiger partial charge in [0.2, 0.25) is 0 Å². The van der Waals surface area contributed by atoms with E-state index in [0.717, 1.165) is 5.56 Å². The normalized spacial score (nSPS) is 20.5. The number of carbonyl (C=O) groups is 2. The lowest BCUT2D eigenvalue weighted by molar-refractivity contribution is -0.118. The van der Waals surface area contributed by atoms with Gasteiger partial charge in [0, 0.05) is 13.0 Å². The summed E-state index contributed by atoms with van der Waals surface area (Å²) in [6.45, 7) is 0.667. The summed E-state index contributed by atoms with van der Waals surface area (Å²) in [5.41, 5.74) is 0.950. The number of rotatable bonds is 2. The van der Waals surface area contributed by atoms with E-state index in [1.165, 1.54) is 6.07 Å². The predicted octanol–water partition coefficient (Wildman–Crippen LogP) is 0.988. The van der Waals surface area contributed by atoms with Gasteiger partial charge >= 0.3 is 5.97 Å². The van der Waals surface area contributed by atoms with E-state index < -0.39 is 5.97 Å². The molecule has 1 aliphatic heterocycles. The van der Waals surface area contributed by atoms with Crippen LogP contribution < -0.4 is 5.32 Å². The average molecular weight is 205 g/mol. The second-order valence-corrected chi connectivity index (χ2v) is 3.53. The van der Waals surface area contributed by atoms with E-state index in [4.69, 9.17) is 5.11 Å². The molecule has 15 heavy (non-hydrogen) atoms. The number of carbonyl (C=O) groups excluding carboxylic acids is 1. The molecule has 1 atom stereocenters. The maximum atomic E-state index is 11.4. The fourth-order valence-corrected chi connectivity index (χ4v) is 1.75. The molecule has 0 spiro atoms. The van der Waals surface area contributed by atoms with Crippen LogP contribution in [0.5, 0.6) is 0 Å². The van der Waals surface area contributed by atoms with Gasteiger partial charge in [0.05, 0.1) is 11.6 Å². The van der Waals surface area contributed by atoms with Gasteiger partial charge < -0.3 is 10.4 Å². The third kappa shape index (κ3) is 1.89. The van der Waals surface area contributed by atoms with Crippen molar-refractivity contribution in [2.75, 3.05) is 6.54 Å². The molecule has 1 saturated heterocycles. The maximum absolute atomic E-state index is 11.4. The van der Waals surface area contributed by atoms with Crippen LogP contribution in [-0.4, -0.2) is 23.4 Å². The summed E-state index contributed by atoms with van der Waals surface area (Å²) >= 11 is 0. The van der Waals surface area contributed by atoms with Gasteiger partial charge in [0.15, 0.2) is 5.78 Å². The molecular weight excluding hydrogens is 194 g/mol. The first-order valence-electron chi connectivity index (χ1n) is 4.78. The van der Waals surface area contributed by atoms with Crippen molar-refractivity contribution in [3.63, 3.8) is 0 Å². The lowest BCUT2D eigenvalue weighted by Gasteiger charge is -2.09. The van der Waals surface area contributed by atoms with Crippen LogP contribution in [0.3, 0.4) is 0 Å². The minimum absolute atomic E-state index is 0.123. The third-order valence-corrected chi connectivity index (χ3v) is 2.51. The van der Waals surface area contributed by atoms with Crippen LogP contribution in [0.1, 0.15) is 28.4 Å². The Bertz CT molecular complexity index is 414. The highest BCUT2D eigenvalue weighted by molar-refractivity contribution is 5.90. The van der Waals surface area contributed by atoms with E-state index in [0.29, 0.717) is 13.0 Å². The number of aromatic carboxylic acids is 1. The van der Waals surface area contributed by atoms with Crippen LogP contribution >= 0.6 is 0 Å². The Labute approximate surface area is 86.9 Å². The molecule has 1 heterocycles. The van der Waals surface area contributed by atoms with E-state index in [1.807, 2.05) is 0 Å². The van der Waals surface area contributed by atoms with Crippen LogP contribution in [0.4, 0.5) is 0 Å². The topological polar surface area (TPSA) is 66.4 Å². The van der Waals surface area contributed by atoms with Gasteiger partial charge in [0.25, 0.3) is 0 Å². The van der Waals surface area contributed by atoms with Crippen LogP contribution in [0.25, 0.3) is 0 Å². The first-order chi connectivity index (χ1) is 7.18. The number of nitrogens with one attached hydrogen (secondary N) is 1. The number of ketones is 1. The summed E-state index contributed by atoms with van der Waals surface area (Å²) in [5, 5.41) is 11.9. The first kappa shape index (κ1) is 9.86. The molecule has 0 amide bonds. The third-order valence-electron chi connectivity index (χ3n) is 2.51. The Balaban J connectivity index is 2.32. The molecule has 1 unspecified atom stereocenters. The molecule has 2 N–H and O–H groups in total. The molecular formula is C11H11NO3. The Morgan fingerprint density at radius 2 is 2.27 bits per heavy atom. The molecule has 1 aromatic rings. The molecule has 1 aromatic carbocycles. The van der Waals surface area contributed by atoms with Gasteiger partial charge in [-0.1, -0.05) is 12.1 Å². The molecule has 0 radical (unpaired) electrons. The van der Waals surface area contributed by atoms with Crippen LogP contribution in [0.2, 0.25) is 0 Å². The van der Waals surface area contributed by atoms with E-state index in [-0.39, 0.29) is 17.4 Å². The quantitative estimate of drug-likeness (QED) is 0.755. The predicted molar refractivity (Wildman–Crippen MR) is 53.8 cm³/mol. The average Bonchev–Trinajstić information content (AvgIpc) is 2.64. The van der Waals surface area contributed by atoms with E-state index in [9.17, 15) is 9.59 Å². The SMILES string of the molecule is O=C(O)c1cccc(C2NCCC2=O)c1. The van der Waals surface area contributed by atoms with Crippen molar-refractivity contribution in [3.8, 4) is 0 Å². The number of Topliss-reactive ketones (excluding diaryl/α,β-unsaturated/α-hetero) is 1. The van der Waals surface area contributed by atoms with Crippen molar-refractivity contribution in [2.45, 2.75) is 12.5 Å². The highest BCUT2D eigenvalue weighted by atomic mass is 16.4. The molecule has 0 bridgehead atoms. The molecule has 0 aliphatic carbocycles. The fraction of sp³-hybridized carbons (Fsp3) is 0.273. The Morgan fingerprint density at radius 3 is 2.87 bits per heavy atom. The van der Waals surface area contributed by atoms with Crippen molar-refractivity contribution in [3.05, 3.63) is 35.4 Å². The van der Waals surface area contributed by atoms with Gasteiger partial charge in [-0.15, -0.1) is 0 Å². The largest absolute Gasteiger partial charge is 0.478 e. The number of carboxylic acids is 1. The maximum Gasteiger partial charge on any atom is 0.335 e. The number of benzene rings is 1. The van der Waals surface area contributed by atoms with E-state index in [2.05, 4.69) is 5.32 Å². The zero-order valence-corrected chi connectivity index (χ0v) is 8.06. The molecule has 78 valence electrons. The molecule has 4 nitrogen and oxygen atoms in total. The Morgan fingerprint density at radius 1 is 1.47 bits per heavy atom. The monoisotopic (exact) mass is 205 g/mol.